The highest BCUT2D eigenvalue weighted by molar-refractivity contribution is 5.92. The van der Waals surface area contributed by atoms with Gasteiger partial charge in [0.15, 0.2) is 24.7 Å². The Morgan fingerprint density at radius 3 is 2.40 bits per heavy atom. The van der Waals surface area contributed by atoms with Crippen LogP contribution in [-0.4, -0.2) is 74.3 Å². The molecular weight excluding hydrogens is 392 g/mol. The number of hydrogen-bond donors (Lipinski definition) is 1. The van der Waals surface area contributed by atoms with Crippen molar-refractivity contribution in [3.8, 4) is 11.5 Å². The fraction of sp³-hybridized carbons (Fsp3) is 0.571. The Kier molecular flexibility index (Phi) is 8.46. The van der Waals surface area contributed by atoms with Gasteiger partial charge in [0.25, 0.3) is 11.8 Å². The van der Waals surface area contributed by atoms with Crippen LogP contribution in [0.25, 0.3) is 0 Å². The predicted molar refractivity (Wildman–Crippen MR) is 109 cm³/mol. The van der Waals surface area contributed by atoms with Gasteiger partial charge in [-0.2, -0.15) is 0 Å². The monoisotopic (exact) mass is 422 g/mol. The van der Waals surface area contributed by atoms with E-state index in [2.05, 4.69) is 5.32 Å². The Balaban J connectivity index is 1.96. The van der Waals surface area contributed by atoms with Gasteiger partial charge >= 0.3 is 5.97 Å². The first-order valence-corrected chi connectivity index (χ1v) is 9.93. The van der Waals surface area contributed by atoms with Gasteiger partial charge < -0.3 is 29.2 Å². The molecule has 30 heavy (non-hydrogen) atoms. The average molecular weight is 422 g/mol. The van der Waals surface area contributed by atoms with E-state index < -0.39 is 11.5 Å². The molecule has 1 aromatic carbocycles. The third kappa shape index (κ3) is 7.55. The van der Waals surface area contributed by atoms with Crippen LogP contribution in [0.15, 0.2) is 18.2 Å². The van der Waals surface area contributed by atoms with Crippen molar-refractivity contribution in [1.82, 2.24) is 10.2 Å². The molecule has 0 atom stereocenters. The van der Waals surface area contributed by atoms with E-state index in [9.17, 15) is 14.4 Å². The minimum Gasteiger partial charge on any atom is -0.490 e. The largest absolute Gasteiger partial charge is 0.490 e. The molecule has 0 bridgehead atoms. The summed E-state index contributed by atoms with van der Waals surface area (Å²) >= 11 is 0. The number of carbonyl (C=O) groups is 3. The smallest absolute Gasteiger partial charge is 0.338 e. The van der Waals surface area contributed by atoms with Crippen molar-refractivity contribution in [2.45, 2.75) is 33.2 Å². The van der Waals surface area contributed by atoms with Crippen LogP contribution in [0.1, 0.15) is 38.1 Å². The lowest BCUT2D eigenvalue weighted by atomic mass is 10.1. The molecule has 1 aliphatic heterocycles. The first-order chi connectivity index (χ1) is 14.2. The van der Waals surface area contributed by atoms with Gasteiger partial charge in [-0.05, 0) is 45.9 Å². The SMILES string of the molecule is CCOc1cc(C(=O)OCC(=O)NC(C)(C)C)ccc1OCC(=O)N1CCOCC1. The lowest BCUT2D eigenvalue weighted by molar-refractivity contribution is -0.137. The maximum Gasteiger partial charge on any atom is 0.338 e. The van der Waals surface area contributed by atoms with Gasteiger partial charge in [0.05, 0.1) is 25.4 Å². The Morgan fingerprint density at radius 2 is 1.77 bits per heavy atom. The van der Waals surface area contributed by atoms with Crippen LogP contribution >= 0.6 is 0 Å². The molecule has 0 spiro atoms. The molecule has 0 radical (unpaired) electrons. The van der Waals surface area contributed by atoms with Crippen molar-refractivity contribution in [2.24, 2.45) is 0 Å². The molecule has 166 valence electrons. The van der Waals surface area contributed by atoms with Crippen LogP contribution in [0.2, 0.25) is 0 Å². The number of amides is 2. The molecular formula is C21H30N2O7. The molecule has 9 nitrogen and oxygen atoms in total. The molecule has 1 fully saturated rings. The first-order valence-electron chi connectivity index (χ1n) is 9.93. The van der Waals surface area contributed by atoms with E-state index in [-0.39, 0.29) is 30.6 Å². The minimum atomic E-state index is -0.657. The Morgan fingerprint density at radius 1 is 1.07 bits per heavy atom. The van der Waals surface area contributed by atoms with Gasteiger partial charge in [-0.25, -0.2) is 4.79 Å². The van der Waals surface area contributed by atoms with E-state index >= 15 is 0 Å². The molecule has 1 aliphatic rings. The number of carbonyl (C=O) groups excluding carboxylic acids is 3. The lowest BCUT2D eigenvalue weighted by Crippen LogP contribution is -2.43. The normalized spacial score (nSPS) is 14.1. The molecule has 2 amide bonds. The van der Waals surface area contributed by atoms with Crippen LogP contribution < -0.4 is 14.8 Å². The van der Waals surface area contributed by atoms with Gasteiger partial charge in [0, 0.05) is 18.6 Å². The first kappa shape index (κ1) is 23.5. The summed E-state index contributed by atoms with van der Waals surface area (Å²) in [6.07, 6.45) is 0. The number of hydrogen-bond acceptors (Lipinski definition) is 7. The van der Waals surface area contributed by atoms with Gasteiger partial charge in [-0.1, -0.05) is 0 Å². The summed E-state index contributed by atoms with van der Waals surface area (Å²) in [6, 6.07) is 4.52. The van der Waals surface area contributed by atoms with Crippen LogP contribution in [0.4, 0.5) is 0 Å². The summed E-state index contributed by atoms with van der Waals surface area (Å²) in [5.74, 6) is -0.520. The van der Waals surface area contributed by atoms with Crippen LogP contribution in [0.3, 0.4) is 0 Å². The Hall–Kier alpha value is -2.81. The van der Waals surface area contributed by atoms with Crippen molar-refractivity contribution < 1.29 is 33.3 Å². The summed E-state index contributed by atoms with van der Waals surface area (Å²) in [6.45, 7) is 9.23. The second kappa shape index (κ2) is 10.8. The molecule has 2 rings (SSSR count). The Bertz CT molecular complexity index is 752. The van der Waals surface area contributed by atoms with Gasteiger partial charge in [-0.3, -0.25) is 9.59 Å². The van der Waals surface area contributed by atoms with Crippen LogP contribution in [-0.2, 0) is 19.1 Å². The number of nitrogens with one attached hydrogen (secondary N) is 1. The third-order valence-electron chi connectivity index (χ3n) is 4.04. The number of ether oxygens (including phenoxy) is 4. The molecule has 9 heteroatoms. The van der Waals surface area contributed by atoms with E-state index in [0.29, 0.717) is 44.4 Å². The van der Waals surface area contributed by atoms with Crippen LogP contribution in [0.5, 0.6) is 11.5 Å². The number of morpholine rings is 1. The van der Waals surface area contributed by atoms with E-state index in [0.717, 1.165) is 0 Å². The van der Waals surface area contributed by atoms with Gasteiger partial charge in [-0.15, -0.1) is 0 Å². The highest BCUT2D eigenvalue weighted by atomic mass is 16.5. The highest BCUT2D eigenvalue weighted by Gasteiger charge is 2.20. The zero-order valence-corrected chi connectivity index (χ0v) is 18.0. The van der Waals surface area contributed by atoms with Crippen molar-refractivity contribution >= 4 is 17.8 Å². The zero-order valence-electron chi connectivity index (χ0n) is 18.0. The van der Waals surface area contributed by atoms with Crippen molar-refractivity contribution in [3.63, 3.8) is 0 Å². The van der Waals surface area contributed by atoms with Gasteiger partial charge in [0.1, 0.15) is 0 Å². The average Bonchev–Trinajstić information content (AvgIpc) is 2.70. The summed E-state index contributed by atoms with van der Waals surface area (Å²) in [4.78, 5) is 38.0. The number of esters is 1. The molecule has 0 aliphatic carbocycles. The zero-order chi connectivity index (χ0) is 22.1. The summed E-state index contributed by atoms with van der Waals surface area (Å²) < 4.78 is 21.5. The van der Waals surface area contributed by atoms with E-state index in [4.69, 9.17) is 18.9 Å². The fourth-order valence-corrected chi connectivity index (χ4v) is 2.73. The highest BCUT2D eigenvalue weighted by Crippen LogP contribution is 2.29. The number of nitrogens with zero attached hydrogens (tertiary/aromatic N) is 1. The molecule has 1 N–H and O–H groups in total. The maximum atomic E-state index is 12.3. The number of benzene rings is 1. The molecule has 0 unspecified atom stereocenters. The van der Waals surface area contributed by atoms with Crippen molar-refractivity contribution in [2.75, 3.05) is 46.1 Å². The fourth-order valence-electron chi connectivity index (χ4n) is 2.73. The van der Waals surface area contributed by atoms with Gasteiger partial charge in [0.2, 0.25) is 0 Å². The second-order valence-electron chi connectivity index (χ2n) is 7.75. The summed E-state index contributed by atoms with van der Waals surface area (Å²) in [5.41, 5.74) is -0.197. The van der Waals surface area contributed by atoms with Crippen LogP contribution in [0, 0.1) is 0 Å². The summed E-state index contributed by atoms with van der Waals surface area (Å²) in [5, 5.41) is 2.72. The topological polar surface area (TPSA) is 103 Å². The Labute approximate surface area is 176 Å². The molecule has 1 heterocycles. The van der Waals surface area contributed by atoms with Crippen molar-refractivity contribution in [3.05, 3.63) is 23.8 Å². The maximum absolute atomic E-state index is 12.3. The third-order valence-corrected chi connectivity index (χ3v) is 4.04. The molecule has 1 saturated heterocycles. The predicted octanol–water partition coefficient (Wildman–Crippen LogP) is 1.39. The van der Waals surface area contributed by atoms with E-state index in [1.807, 2.05) is 20.8 Å². The van der Waals surface area contributed by atoms with Crippen molar-refractivity contribution in [1.29, 1.82) is 0 Å². The minimum absolute atomic E-state index is 0.142. The van der Waals surface area contributed by atoms with E-state index in [1.165, 1.54) is 12.1 Å². The molecule has 1 aromatic rings. The molecule has 0 aromatic heterocycles. The van der Waals surface area contributed by atoms with E-state index in [1.54, 1.807) is 17.9 Å². The second-order valence-corrected chi connectivity index (χ2v) is 7.75. The summed E-state index contributed by atoms with van der Waals surface area (Å²) in [7, 11) is 0. The number of rotatable bonds is 8. The lowest BCUT2D eigenvalue weighted by Gasteiger charge is -2.26. The quantitative estimate of drug-likeness (QED) is 0.632. The molecule has 0 saturated carbocycles. The standard InChI is InChI=1S/C21H30N2O7/c1-5-28-17-12-15(20(26)30-13-18(24)22-21(2,3)4)6-7-16(17)29-14-19(25)23-8-10-27-11-9-23/h6-7,12H,5,8-11,13-14H2,1-4H3,(H,22,24).